The molecule has 308 valence electrons. The molecule has 0 unspecified atom stereocenters. The van der Waals surface area contributed by atoms with Crippen LogP contribution in [-0.2, 0) is 16.2 Å². The summed E-state index contributed by atoms with van der Waals surface area (Å²) in [7, 11) is 0. The highest BCUT2D eigenvalue weighted by atomic mass is 15.2. The van der Waals surface area contributed by atoms with Gasteiger partial charge in [-0.25, -0.2) is 0 Å². The van der Waals surface area contributed by atoms with Gasteiger partial charge < -0.3 is 9.71 Å². The molecule has 8 aromatic carbocycles. The van der Waals surface area contributed by atoms with Gasteiger partial charge in [0.05, 0.1) is 5.69 Å². The topological polar surface area (TPSA) is 6.48 Å². The Morgan fingerprint density at radius 1 is 0.429 bits per heavy atom. The predicted molar refractivity (Wildman–Crippen MR) is 271 cm³/mol. The van der Waals surface area contributed by atoms with E-state index in [2.05, 4.69) is 242 Å². The lowest BCUT2D eigenvalue weighted by Crippen LogP contribution is -2.62. The second-order valence-electron chi connectivity index (χ2n) is 20.7. The van der Waals surface area contributed by atoms with Crippen LogP contribution in [0.5, 0.6) is 0 Å². The van der Waals surface area contributed by atoms with Crippen LogP contribution in [-0.4, -0.2) is 6.85 Å². The van der Waals surface area contributed by atoms with Crippen LogP contribution in [0.4, 0.5) is 28.4 Å². The molecule has 8 aromatic rings. The van der Waals surface area contributed by atoms with Crippen LogP contribution in [0.15, 0.2) is 170 Å². The average Bonchev–Trinajstić information content (AvgIpc) is 3.51. The molecule has 2 aliphatic heterocycles. The third-order valence-electron chi connectivity index (χ3n) is 14.2. The summed E-state index contributed by atoms with van der Waals surface area (Å²) in [6.45, 7) is 20.9. The van der Waals surface area contributed by atoms with Crippen LogP contribution in [0.1, 0.15) is 83.2 Å². The Morgan fingerprint density at radius 2 is 1.06 bits per heavy atom. The molecular formula is C60H55BN2. The molecule has 0 bridgehead atoms. The van der Waals surface area contributed by atoms with Crippen LogP contribution < -0.4 is 20.6 Å². The fourth-order valence-electron chi connectivity index (χ4n) is 10.9. The number of anilines is 5. The lowest BCUT2D eigenvalue weighted by molar-refractivity contribution is 0.590. The molecule has 0 radical (unpaired) electrons. The van der Waals surface area contributed by atoms with Gasteiger partial charge in [0, 0.05) is 39.3 Å². The first kappa shape index (κ1) is 39.3. The summed E-state index contributed by atoms with van der Waals surface area (Å²) in [6.07, 6.45) is 0. The maximum Gasteiger partial charge on any atom is 0.333 e. The predicted octanol–water partition coefficient (Wildman–Crippen LogP) is 14.9. The van der Waals surface area contributed by atoms with E-state index in [1.54, 1.807) is 0 Å². The molecule has 2 heterocycles. The molecule has 0 spiro atoms. The highest BCUT2D eigenvalue weighted by Crippen LogP contribution is 2.54. The Bertz CT molecular complexity index is 3110. The lowest BCUT2D eigenvalue weighted by Gasteiger charge is -2.47. The zero-order valence-electron chi connectivity index (χ0n) is 38.1. The Balaban J connectivity index is 1.29. The van der Waals surface area contributed by atoms with Gasteiger partial charge in [-0.3, -0.25) is 0 Å². The molecule has 3 heteroatoms. The third-order valence-corrected chi connectivity index (χ3v) is 14.2. The number of benzene rings is 8. The molecule has 0 fully saturated rings. The smallest absolute Gasteiger partial charge is 0.333 e. The number of rotatable bonds is 4. The Hall–Kier alpha value is -6.58. The summed E-state index contributed by atoms with van der Waals surface area (Å²) in [5.41, 5.74) is 25.5. The van der Waals surface area contributed by atoms with Crippen molar-refractivity contribution in [3.63, 3.8) is 0 Å². The lowest BCUT2D eigenvalue weighted by atomic mass is 9.42. The van der Waals surface area contributed by atoms with Crippen LogP contribution in [0.2, 0.25) is 0 Å². The zero-order valence-corrected chi connectivity index (χ0v) is 38.1. The summed E-state index contributed by atoms with van der Waals surface area (Å²) in [5.74, 6) is 0. The van der Waals surface area contributed by atoms with E-state index in [1.165, 1.54) is 112 Å². The van der Waals surface area contributed by atoms with Gasteiger partial charge in [0.1, 0.15) is 0 Å². The number of hydrogen-bond donors (Lipinski definition) is 0. The number of fused-ring (bicyclic) bond motifs is 8. The first-order chi connectivity index (χ1) is 30.2. The van der Waals surface area contributed by atoms with E-state index < -0.39 is 0 Å². The maximum atomic E-state index is 2.70. The monoisotopic (exact) mass is 814 g/mol. The van der Waals surface area contributed by atoms with Gasteiger partial charge in [-0.15, -0.1) is 0 Å². The minimum absolute atomic E-state index is 0.0169. The fourth-order valence-corrected chi connectivity index (χ4v) is 10.9. The summed E-state index contributed by atoms with van der Waals surface area (Å²) in [5, 5.41) is 0. The minimum Gasteiger partial charge on any atom is -0.376 e. The Labute approximate surface area is 375 Å². The molecular weight excluding hydrogens is 759 g/mol. The van der Waals surface area contributed by atoms with Crippen molar-refractivity contribution < 1.29 is 0 Å². The van der Waals surface area contributed by atoms with E-state index in [4.69, 9.17) is 0 Å². The second-order valence-corrected chi connectivity index (χ2v) is 20.7. The first-order valence-electron chi connectivity index (χ1n) is 22.7. The van der Waals surface area contributed by atoms with E-state index >= 15 is 0 Å². The van der Waals surface area contributed by atoms with E-state index in [9.17, 15) is 0 Å². The standard InChI is InChI=1S/C60H55BN2/c1-38-34-48-45-30-24-41(39-18-12-10-13-19-39)36-53(45)63(44-28-25-42(26-29-44)58(2,3)4)61-56(48)54(35-38)62(51-32-27-43(59(5,6)7)37-47(51)40-20-14-11-15-21-40)52-33-31-50-55(57(52)61)46-22-16-17-23-49(46)60(50,8)9/h10-37H,1-9H3. The van der Waals surface area contributed by atoms with Crippen molar-refractivity contribution in [2.24, 2.45) is 0 Å². The van der Waals surface area contributed by atoms with Gasteiger partial charge in [0.25, 0.3) is 0 Å². The van der Waals surface area contributed by atoms with Gasteiger partial charge in [-0.1, -0.05) is 183 Å². The van der Waals surface area contributed by atoms with Gasteiger partial charge >= 0.3 is 6.85 Å². The molecule has 63 heavy (non-hydrogen) atoms. The molecule has 0 amide bonds. The maximum absolute atomic E-state index is 2.70. The van der Waals surface area contributed by atoms with Crippen molar-refractivity contribution in [2.75, 3.05) is 9.71 Å². The van der Waals surface area contributed by atoms with E-state index in [-0.39, 0.29) is 23.1 Å². The summed E-state index contributed by atoms with van der Waals surface area (Å²) in [6, 6.07) is 64.7. The normalized spacial score (nSPS) is 14.5. The van der Waals surface area contributed by atoms with Gasteiger partial charge in [0.15, 0.2) is 0 Å². The zero-order chi connectivity index (χ0) is 43.6. The molecule has 0 N–H and O–H groups in total. The van der Waals surface area contributed by atoms with Crippen molar-refractivity contribution in [2.45, 2.75) is 78.6 Å². The Kier molecular flexibility index (Phi) is 8.71. The third kappa shape index (κ3) is 6.07. The quantitative estimate of drug-likeness (QED) is 0.163. The Morgan fingerprint density at radius 3 is 1.76 bits per heavy atom. The summed E-state index contributed by atoms with van der Waals surface area (Å²) < 4.78 is 0. The SMILES string of the molecule is Cc1cc2c3c(c1)N(c1ccc(C(C)(C)C)cc1-c1ccccc1)c1ccc4c(c1B3N(c1ccc(C(C)(C)C)cc1)c1cc(-c3ccccc3)ccc1-2)-c1ccccc1C4(C)C. The average molecular weight is 815 g/mol. The van der Waals surface area contributed by atoms with Crippen molar-refractivity contribution in [3.05, 3.63) is 198 Å². The van der Waals surface area contributed by atoms with Crippen LogP contribution in [0.25, 0.3) is 44.5 Å². The highest BCUT2D eigenvalue weighted by molar-refractivity contribution is 6.94. The van der Waals surface area contributed by atoms with Gasteiger partial charge in [-0.05, 0) is 132 Å². The molecule has 11 rings (SSSR count). The molecule has 0 atom stereocenters. The molecule has 2 nitrogen and oxygen atoms in total. The van der Waals surface area contributed by atoms with E-state index in [0.717, 1.165) is 0 Å². The molecule has 0 saturated carbocycles. The molecule has 1 aliphatic carbocycles. The number of nitrogens with zero attached hydrogens (tertiary/aromatic N) is 2. The van der Waals surface area contributed by atoms with Gasteiger partial charge in [0.2, 0.25) is 0 Å². The van der Waals surface area contributed by atoms with Crippen molar-refractivity contribution in [3.8, 4) is 44.5 Å². The number of aryl methyl sites for hydroxylation is 1. The first-order valence-corrected chi connectivity index (χ1v) is 22.7. The van der Waals surface area contributed by atoms with Crippen molar-refractivity contribution in [1.29, 1.82) is 0 Å². The molecule has 0 aromatic heterocycles. The van der Waals surface area contributed by atoms with Crippen LogP contribution in [0, 0.1) is 6.92 Å². The summed E-state index contributed by atoms with van der Waals surface area (Å²) >= 11 is 0. The second kappa shape index (κ2) is 14.0. The number of hydrogen-bond acceptors (Lipinski definition) is 2. The highest BCUT2D eigenvalue weighted by Gasteiger charge is 2.49. The molecule has 3 aliphatic rings. The minimum atomic E-state index is -0.169. The summed E-state index contributed by atoms with van der Waals surface area (Å²) in [4.78, 5) is 5.32. The molecule has 0 saturated heterocycles. The fraction of sp³-hybridized carbons (Fsp3) is 0.200. The van der Waals surface area contributed by atoms with Crippen molar-refractivity contribution >= 4 is 46.2 Å². The van der Waals surface area contributed by atoms with Crippen LogP contribution in [0.3, 0.4) is 0 Å². The van der Waals surface area contributed by atoms with E-state index in [1.807, 2.05) is 0 Å². The van der Waals surface area contributed by atoms with Crippen molar-refractivity contribution in [1.82, 2.24) is 0 Å². The van der Waals surface area contributed by atoms with E-state index in [0.29, 0.717) is 0 Å². The van der Waals surface area contributed by atoms with Crippen LogP contribution >= 0.6 is 0 Å². The van der Waals surface area contributed by atoms with Gasteiger partial charge in [-0.2, -0.15) is 0 Å². The largest absolute Gasteiger partial charge is 0.376 e.